The van der Waals surface area contributed by atoms with Gasteiger partial charge in [-0.1, -0.05) is 18.0 Å². The molecule has 0 heterocycles. The van der Waals surface area contributed by atoms with Crippen LogP contribution in [-0.4, -0.2) is 11.0 Å². The third-order valence-corrected chi connectivity index (χ3v) is 2.45. The SMILES string of the molecule is ClN=C=NC1(Cl)CCCCC1. The summed E-state index contributed by atoms with van der Waals surface area (Å²) in [7, 11) is 0. The largest absolute Gasteiger partial charge is 0.201 e. The van der Waals surface area contributed by atoms with Gasteiger partial charge in [0.25, 0.3) is 0 Å². The minimum absolute atomic E-state index is 0.462. The predicted octanol–water partition coefficient (Wildman–Crippen LogP) is 3.21. The average molecular weight is 193 g/mol. The lowest BCUT2D eigenvalue weighted by atomic mass is 9.95. The van der Waals surface area contributed by atoms with E-state index in [2.05, 4.69) is 15.5 Å². The van der Waals surface area contributed by atoms with Crippen molar-refractivity contribution in [3.8, 4) is 0 Å². The third-order valence-electron chi connectivity index (χ3n) is 1.91. The molecule has 0 aromatic carbocycles. The second-order valence-electron chi connectivity index (χ2n) is 2.77. The Labute approximate surface area is 76.4 Å². The number of hydrogen-bond acceptors (Lipinski definition) is 2. The summed E-state index contributed by atoms with van der Waals surface area (Å²) in [5, 5.41) is 0. The molecule has 0 radical (unpaired) electrons. The molecule has 1 saturated carbocycles. The summed E-state index contributed by atoms with van der Waals surface area (Å²) in [6.45, 7) is 0. The first-order valence-corrected chi connectivity index (χ1v) is 4.45. The van der Waals surface area contributed by atoms with Crippen molar-refractivity contribution in [1.29, 1.82) is 0 Å². The van der Waals surface area contributed by atoms with Gasteiger partial charge >= 0.3 is 0 Å². The van der Waals surface area contributed by atoms with E-state index in [4.69, 9.17) is 23.4 Å². The molecule has 0 unspecified atom stereocenters. The zero-order valence-corrected chi connectivity index (χ0v) is 7.70. The Bertz CT molecular complexity index is 179. The molecule has 0 bridgehead atoms. The zero-order valence-electron chi connectivity index (χ0n) is 6.19. The molecular formula is C7H10Cl2N2. The maximum Gasteiger partial charge on any atom is 0.145 e. The summed E-state index contributed by atoms with van der Waals surface area (Å²) in [4.78, 5) is 3.49. The highest BCUT2D eigenvalue weighted by Gasteiger charge is 2.28. The van der Waals surface area contributed by atoms with Crippen LogP contribution in [0.25, 0.3) is 0 Å². The monoisotopic (exact) mass is 192 g/mol. The van der Waals surface area contributed by atoms with Crippen molar-refractivity contribution >= 4 is 29.4 Å². The third kappa shape index (κ3) is 2.82. The van der Waals surface area contributed by atoms with Crippen LogP contribution < -0.4 is 0 Å². The highest BCUT2D eigenvalue weighted by Crippen LogP contribution is 2.34. The van der Waals surface area contributed by atoms with Crippen LogP contribution in [0.4, 0.5) is 0 Å². The molecule has 0 atom stereocenters. The van der Waals surface area contributed by atoms with Crippen molar-refractivity contribution in [2.75, 3.05) is 0 Å². The molecule has 1 rings (SSSR count). The average Bonchev–Trinajstić information content (AvgIpc) is 2.03. The molecule has 62 valence electrons. The summed E-state index contributed by atoms with van der Waals surface area (Å²) in [5.41, 5.74) is 0. The number of aliphatic imine (C=N–C) groups is 1. The van der Waals surface area contributed by atoms with Gasteiger partial charge in [0.05, 0.1) is 0 Å². The topological polar surface area (TPSA) is 24.7 Å². The maximum atomic E-state index is 6.11. The van der Waals surface area contributed by atoms with E-state index >= 15 is 0 Å². The molecule has 0 aliphatic heterocycles. The second-order valence-corrected chi connectivity index (χ2v) is 3.65. The van der Waals surface area contributed by atoms with Crippen molar-refractivity contribution in [2.24, 2.45) is 9.50 Å². The molecule has 0 spiro atoms. The van der Waals surface area contributed by atoms with Crippen LogP contribution in [0.15, 0.2) is 9.50 Å². The first kappa shape index (κ1) is 9.05. The van der Waals surface area contributed by atoms with Gasteiger partial charge in [0, 0.05) is 11.8 Å². The fourth-order valence-electron chi connectivity index (χ4n) is 1.31. The Morgan fingerprint density at radius 1 is 1.18 bits per heavy atom. The van der Waals surface area contributed by atoms with Gasteiger partial charge in [-0.25, -0.2) is 4.99 Å². The van der Waals surface area contributed by atoms with E-state index in [1.807, 2.05) is 0 Å². The quantitative estimate of drug-likeness (QED) is 0.347. The number of nitrogens with zero attached hydrogens (tertiary/aromatic N) is 2. The number of rotatable bonds is 1. The van der Waals surface area contributed by atoms with E-state index in [-0.39, 0.29) is 0 Å². The fraction of sp³-hybridized carbons (Fsp3) is 0.857. The van der Waals surface area contributed by atoms with Crippen molar-refractivity contribution in [3.05, 3.63) is 0 Å². The molecular weight excluding hydrogens is 183 g/mol. The van der Waals surface area contributed by atoms with Crippen LogP contribution in [0.2, 0.25) is 0 Å². The van der Waals surface area contributed by atoms with E-state index in [0.717, 1.165) is 25.7 Å². The summed E-state index contributed by atoms with van der Waals surface area (Å²) < 4.78 is 3.15. The summed E-state index contributed by atoms with van der Waals surface area (Å²) in [6.07, 6.45) is 5.35. The molecule has 4 heteroatoms. The van der Waals surface area contributed by atoms with Gasteiger partial charge < -0.3 is 0 Å². The molecule has 0 saturated heterocycles. The molecule has 0 amide bonds. The first-order chi connectivity index (χ1) is 5.27. The Morgan fingerprint density at radius 2 is 1.82 bits per heavy atom. The number of hydrogen-bond donors (Lipinski definition) is 0. The van der Waals surface area contributed by atoms with Crippen molar-refractivity contribution in [3.63, 3.8) is 0 Å². The summed E-state index contributed by atoms with van der Waals surface area (Å²) >= 11 is 11.2. The van der Waals surface area contributed by atoms with Gasteiger partial charge in [0.1, 0.15) is 11.0 Å². The molecule has 1 aliphatic rings. The molecule has 11 heavy (non-hydrogen) atoms. The fourth-order valence-corrected chi connectivity index (χ4v) is 1.66. The van der Waals surface area contributed by atoms with E-state index in [1.165, 1.54) is 6.42 Å². The molecule has 1 fully saturated rings. The maximum absolute atomic E-state index is 6.11. The lowest BCUT2D eigenvalue weighted by Gasteiger charge is -2.25. The van der Waals surface area contributed by atoms with Crippen LogP contribution in [0, 0.1) is 0 Å². The highest BCUT2D eigenvalue weighted by atomic mass is 35.5. The smallest absolute Gasteiger partial charge is 0.145 e. The van der Waals surface area contributed by atoms with E-state index in [0.29, 0.717) is 0 Å². The van der Waals surface area contributed by atoms with Gasteiger partial charge in [-0.15, -0.1) is 4.51 Å². The molecule has 2 nitrogen and oxygen atoms in total. The highest BCUT2D eigenvalue weighted by molar-refractivity contribution is 6.24. The minimum atomic E-state index is -0.462. The van der Waals surface area contributed by atoms with Crippen LogP contribution in [0.1, 0.15) is 32.1 Å². The van der Waals surface area contributed by atoms with Gasteiger partial charge in [0.15, 0.2) is 0 Å². The van der Waals surface area contributed by atoms with Crippen molar-refractivity contribution in [2.45, 2.75) is 37.1 Å². The molecule has 0 N–H and O–H groups in total. The first-order valence-electron chi connectivity index (χ1n) is 3.74. The lowest BCUT2D eigenvalue weighted by Crippen LogP contribution is -2.21. The minimum Gasteiger partial charge on any atom is -0.201 e. The normalized spacial score (nSPS) is 22.0. The van der Waals surface area contributed by atoms with E-state index in [9.17, 15) is 0 Å². The summed E-state index contributed by atoms with van der Waals surface area (Å²) in [6, 6.07) is 2.34. The van der Waals surface area contributed by atoms with Gasteiger partial charge in [-0.05, 0) is 25.7 Å². The predicted molar refractivity (Wildman–Crippen MR) is 47.4 cm³/mol. The van der Waals surface area contributed by atoms with E-state index < -0.39 is 5.00 Å². The molecule has 0 aromatic rings. The molecule has 1 aliphatic carbocycles. The Hall–Kier alpha value is -0.0400. The van der Waals surface area contributed by atoms with Gasteiger partial charge in [-0.3, -0.25) is 0 Å². The number of alkyl halides is 1. The Kier molecular flexibility index (Phi) is 3.38. The summed E-state index contributed by atoms with van der Waals surface area (Å²) in [5.74, 6) is 0. The Balaban J connectivity index is 2.57. The van der Waals surface area contributed by atoms with Gasteiger partial charge in [-0.2, -0.15) is 0 Å². The van der Waals surface area contributed by atoms with Crippen molar-refractivity contribution < 1.29 is 0 Å². The molecule has 0 aromatic heterocycles. The zero-order chi connectivity index (χ0) is 8.16. The standard InChI is InChI=1S/C7H10Cl2N2/c8-7(10-6-11-9)4-2-1-3-5-7/h1-5H2. The lowest BCUT2D eigenvalue weighted by molar-refractivity contribution is 0.403. The van der Waals surface area contributed by atoms with Crippen LogP contribution in [0.5, 0.6) is 0 Å². The van der Waals surface area contributed by atoms with Crippen LogP contribution >= 0.6 is 23.4 Å². The van der Waals surface area contributed by atoms with Crippen LogP contribution in [0.3, 0.4) is 0 Å². The van der Waals surface area contributed by atoms with E-state index in [1.54, 1.807) is 0 Å². The second kappa shape index (κ2) is 4.10. The van der Waals surface area contributed by atoms with Crippen molar-refractivity contribution in [1.82, 2.24) is 0 Å². The van der Waals surface area contributed by atoms with Gasteiger partial charge in [0.2, 0.25) is 0 Å². The Morgan fingerprint density at radius 3 is 2.36 bits per heavy atom. The van der Waals surface area contributed by atoms with Crippen LogP contribution in [-0.2, 0) is 0 Å². The number of halogens is 2.